The molecule has 194 valence electrons. The van der Waals surface area contributed by atoms with Crippen LogP contribution in [0.25, 0.3) is 0 Å². The summed E-state index contributed by atoms with van der Waals surface area (Å²) in [6.45, 7) is 0. The van der Waals surface area contributed by atoms with Gasteiger partial charge in [0.05, 0.1) is 29.8 Å². The van der Waals surface area contributed by atoms with Crippen LogP contribution in [0.2, 0.25) is 15.1 Å². The number of halogens is 3. The Labute approximate surface area is 230 Å². The molecule has 4 rings (SSSR count). The summed E-state index contributed by atoms with van der Waals surface area (Å²) >= 11 is 18.6. The predicted octanol–water partition coefficient (Wildman–Crippen LogP) is 5.86. The molecule has 1 aliphatic rings. The number of carbonyl (C=O) groups excluding carboxylic acids is 1. The molecule has 1 heterocycles. The fourth-order valence-electron chi connectivity index (χ4n) is 3.98. The lowest BCUT2D eigenvalue weighted by Gasteiger charge is -2.21. The highest BCUT2D eigenvalue weighted by Crippen LogP contribution is 2.33. The van der Waals surface area contributed by atoms with Crippen LogP contribution in [0.4, 0.5) is 0 Å². The van der Waals surface area contributed by atoms with Gasteiger partial charge in [-0.15, -0.1) is 0 Å². The molecule has 0 radical (unpaired) electrons. The maximum absolute atomic E-state index is 13.4. The summed E-state index contributed by atoms with van der Waals surface area (Å²) in [6.07, 6.45) is 1.10. The van der Waals surface area contributed by atoms with E-state index in [1.54, 1.807) is 42.5 Å². The first-order valence-corrected chi connectivity index (χ1v) is 14.0. The highest BCUT2D eigenvalue weighted by molar-refractivity contribution is 7.89. The fraction of sp³-hybridized carbons (Fsp3) is 0.231. The van der Waals surface area contributed by atoms with Gasteiger partial charge in [0.15, 0.2) is 0 Å². The minimum Gasteiger partial charge on any atom is -0.469 e. The highest BCUT2D eigenvalue weighted by Gasteiger charge is 2.32. The molecule has 0 fully saturated rings. The first-order valence-electron chi connectivity index (χ1n) is 11.4. The van der Waals surface area contributed by atoms with Crippen LogP contribution in [0, 0.1) is 0 Å². The zero-order chi connectivity index (χ0) is 26.6. The molecule has 0 aromatic heterocycles. The number of methoxy groups -OCH3 is 1. The van der Waals surface area contributed by atoms with Gasteiger partial charge in [0.25, 0.3) is 0 Å². The van der Waals surface area contributed by atoms with Crippen molar-refractivity contribution < 1.29 is 17.9 Å². The van der Waals surface area contributed by atoms with Crippen molar-refractivity contribution >= 4 is 56.5 Å². The van der Waals surface area contributed by atoms with Gasteiger partial charge in [0, 0.05) is 27.9 Å². The topological polar surface area (TPSA) is 96.9 Å². The number of hydrazone groups is 1. The van der Waals surface area contributed by atoms with Crippen molar-refractivity contribution in [1.82, 2.24) is 10.1 Å². The molecular formula is C26H24Cl3N3O4S. The second-order valence-corrected chi connectivity index (χ2v) is 11.5. The zero-order valence-electron chi connectivity index (χ0n) is 19.7. The summed E-state index contributed by atoms with van der Waals surface area (Å²) in [5.41, 5.74) is 5.97. The third-order valence-corrected chi connectivity index (χ3v) is 8.26. The quantitative estimate of drug-likeness (QED) is 0.309. The molecule has 37 heavy (non-hydrogen) atoms. The normalized spacial score (nSPS) is 16.1. The number of carbonyl (C=O) groups is 1. The van der Waals surface area contributed by atoms with Crippen LogP contribution in [0.1, 0.15) is 41.6 Å². The molecule has 11 heteroatoms. The van der Waals surface area contributed by atoms with Crippen molar-refractivity contribution in [3.05, 3.63) is 98.5 Å². The van der Waals surface area contributed by atoms with Gasteiger partial charge in [-0.05, 0) is 59.5 Å². The number of esters is 1. The van der Waals surface area contributed by atoms with E-state index >= 15 is 0 Å². The molecule has 0 aliphatic carbocycles. The summed E-state index contributed by atoms with van der Waals surface area (Å²) in [7, 11) is -2.64. The van der Waals surface area contributed by atoms with Crippen molar-refractivity contribution in [2.24, 2.45) is 5.10 Å². The lowest BCUT2D eigenvalue weighted by atomic mass is 9.96. The molecule has 3 aromatic rings. The van der Waals surface area contributed by atoms with Crippen LogP contribution in [0.3, 0.4) is 0 Å². The standard InChI is InChI=1S/C26H24Cl3N3O4S/c1-36-25(33)13-4-16-2-10-20(11-3-16)37(34,35)32-26(21-12-9-19(28)14-22(21)29)24-15-23(30-31-24)17-5-7-18(27)8-6-17/h2-3,5-12,14,23,26,30,32H,4,13,15H2,1H3. The van der Waals surface area contributed by atoms with Crippen molar-refractivity contribution in [1.29, 1.82) is 0 Å². The molecule has 0 spiro atoms. The van der Waals surface area contributed by atoms with Gasteiger partial charge < -0.3 is 10.2 Å². The average Bonchev–Trinajstić information content (AvgIpc) is 3.37. The lowest BCUT2D eigenvalue weighted by Crippen LogP contribution is -2.33. The van der Waals surface area contributed by atoms with Crippen LogP contribution in [-0.4, -0.2) is 27.2 Å². The highest BCUT2D eigenvalue weighted by atomic mass is 35.5. The number of sulfonamides is 1. The monoisotopic (exact) mass is 579 g/mol. The largest absolute Gasteiger partial charge is 0.469 e. The Morgan fingerprint density at radius 2 is 1.73 bits per heavy atom. The van der Waals surface area contributed by atoms with E-state index in [-0.39, 0.29) is 23.3 Å². The van der Waals surface area contributed by atoms with Crippen LogP contribution in [0.5, 0.6) is 0 Å². The Balaban J connectivity index is 1.59. The second-order valence-electron chi connectivity index (χ2n) is 8.48. The van der Waals surface area contributed by atoms with Gasteiger partial charge >= 0.3 is 5.97 Å². The molecule has 7 nitrogen and oxygen atoms in total. The van der Waals surface area contributed by atoms with E-state index in [1.165, 1.54) is 19.2 Å². The van der Waals surface area contributed by atoms with E-state index in [9.17, 15) is 13.2 Å². The summed E-state index contributed by atoms with van der Waals surface area (Å²) in [4.78, 5) is 11.5. The number of nitrogens with zero attached hydrogens (tertiary/aromatic N) is 1. The van der Waals surface area contributed by atoms with E-state index in [0.717, 1.165) is 11.1 Å². The van der Waals surface area contributed by atoms with Crippen molar-refractivity contribution in [2.75, 3.05) is 7.11 Å². The summed E-state index contributed by atoms with van der Waals surface area (Å²) in [5.74, 6) is -0.330. The van der Waals surface area contributed by atoms with E-state index in [1.807, 2.05) is 12.1 Å². The molecule has 2 atom stereocenters. The van der Waals surface area contributed by atoms with Gasteiger partial charge in [-0.3, -0.25) is 4.79 Å². The van der Waals surface area contributed by atoms with Crippen LogP contribution in [-0.2, 0) is 26.0 Å². The van der Waals surface area contributed by atoms with Crippen molar-refractivity contribution in [3.8, 4) is 0 Å². The number of ether oxygens (including phenoxy) is 1. The number of aryl methyl sites for hydroxylation is 1. The minimum atomic E-state index is -3.97. The first-order chi connectivity index (χ1) is 17.7. The van der Waals surface area contributed by atoms with Crippen LogP contribution < -0.4 is 10.1 Å². The van der Waals surface area contributed by atoms with Crippen LogP contribution >= 0.6 is 34.8 Å². The summed E-state index contributed by atoms with van der Waals surface area (Å²) < 4.78 is 34.3. The Bertz CT molecular complexity index is 1410. The third kappa shape index (κ3) is 6.83. The minimum absolute atomic E-state index is 0.0743. The molecule has 2 N–H and O–H groups in total. The second kappa shape index (κ2) is 11.8. The Morgan fingerprint density at radius 3 is 2.38 bits per heavy atom. The molecule has 3 aromatic carbocycles. The zero-order valence-corrected chi connectivity index (χ0v) is 22.8. The van der Waals surface area contributed by atoms with Crippen LogP contribution in [0.15, 0.2) is 76.7 Å². The van der Waals surface area contributed by atoms with Crippen molar-refractivity contribution in [3.63, 3.8) is 0 Å². The van der Waals surface area contributed by atoms with Gasteiger partial charge in [0.2, 0.25) is 10.0 Å². The molecule has 1 aliphatic heterocycles. The number of hydrogen-bond acceptors (Lipinski definition) is 6. The fourth-order valence-corrected chi connectivity index (χ4v) is 5.83. The smallest absolute Gasteiger partial charge is 0.305 e. The molecule has 0 saturated heterocycles. The number of nitrogens with one attached hydrogen (secondary N) is 2. The summed E-state index contributed by atoms with van der Waals surface area (Å²) in [6, 6.07) is 17.6. The van der Waals surface area contributed by atoms with Crippen molar-refractivity contribution in [2.45, 2.75) is 36.2 Å². The molecular weight excluding hydrogens is 557 g/mol. The van der Waals surface area contributed by atoms with E-state index in [4.69, 9.17) is 34.8 Å². The Hall–Kier alpha value is -2.62. The van der Waals surface area contributed by atoms with Gasteiger partial charge in [-0.2, -0.15) is 9.82 Å². The van der Waals surface area contributed by atoms with E-state index < -0.39 is 16.1 Å². The molecule has 2 unspecified atom stereocenters. The van der Waals surface area contributed by atoms with E-state index in [2.05, 4.69) is 20.0 Å². The predicted molar refractivity (Wildman–Crippen MR) is 146 cm³/mol. The third-order valence-electron chi connectivity index (χ3n) is 6.01. The van der Waals surface area contributed by atoms with Gasteiger partial charge in [-0.25, -0.2) is 8.42 Å². The molecule has 0 amide bonds. The number of rotatable bonds is 9. The Kier molecular flexibility index (Phi) is 8.77. The lowest BCUT2D eigenvalue weighted by molar-refractivity contribution is -0.140. The van der Waals surface area contributed by atoms with Gasteiger partial charge in [0.1, 0.15) is 0 Å². The molecule has 0 saturated carbocycles. The average molecular weight is 581 g/mol. The Morgan fingerprint density at radius 1 is 1.05 bits per heavy atom. The maximum Gasteiger partial charge on any atom is 0.305 e. The summed E-state index contributed by atoms with van der Waals surface area (Å²) in [5, 5.41) is 5.84. The van der Waals surface area contributed by atoms with Gasteiger partial charge in [-0.1, -0.05) is 65.1 Å². The SMILES string of the molecule is COC(=O)CCc1ccc(S(=O)(=O)NC(C2=NNC(c3ccc(Cl)cc3)C2)c2ccc(Cl)cc2Cl)cc1. The first kappa shape index (κ1) is 27.4. The number of benzene rings is 3. The maximum atomic E-state index is 13.4. The molecule has 0 bridgehead atoms. The number of hydrogen-bond donors (Lipinski definition) is 2. The van der Waals surface area contributed by atoms with E-state index in [0.29, 0.717) is 39.2 Å².